The first-order chi connectivity index (χ1) is 15.9. The Morgan fingerprint density at radius 2 is 1.71 bits per heavy atom. The Bertz CT molecular complexity index is 1000. The summed E-state index contributed by atoms with van der Waals surface area (Å²) in [6.45, 7) is 5.68. The van der Waals surface area contributed by atoms with Gasteiger partial charge in [0, 0.05) is 35.9 Å². The van der Waals surface area contributed by atoms with Crippen molar-refractivity contribution in [2.45, 2.75) is 57.2 Å². The Labute approximate surface area is 202 Å². The van der Waals surface area contributed by atoms with Crippen molar-refractivity contribution < 1.29 is 23.1 Å². The van der Waals surface area contributed by atoms with Gasteiger partial charge in [-0.1, -0.05) is 29.8 Å². The lowest BCUT2D eigenvalue weighted by molar-refractivity contribution is -0.144. The molecular weight excluding hydrogens is 466 g/mol. The van der Waals surface area contributed by atoms with Crippen LogP contribution >= 0.6 is 11.6 Å². The quantitative estimate of drug-likeness (QED) is 0.644. The number of nitrogens with zero attached hydrogens (tertiary/aromatic N) is 2. The second-order valence-electron chi connectivity index (χ2n) is 9.29. The van der Waals surface area contributed by atoms with E-state index >= 15 is 8.78 Å². The standard InChI is InChI=1S/C24H29ClF2N4O3/c1-23(2,3)34-22(33)30-18-10-12-31(13-11-18)21(32)20(28)24(26,27)19-9-6-16(14-29-19)15-4-7-17(25)8-5-15/h4-9,14,18,20H,10-13,28H2,1-3H3,(H,30,33). The van der Waals surface area contributed by atoms with Crippen LogP contribution < -0.4 is 11.1 Å². The summed E-state index contributed by atoms with van der Waals surface area (Å²) in [6.07, 6.45) is 1.60. The van der Waals surface area contributed by atoms with Gasteiger partial charge in [-0.2, -0.15) is 8.78 Å². The summed E-state index contributed by atoms with van der Waals surface area (Å²) in [4.78, 5) is 29.8. The van der Waals surface area contributed by atoms with Gasteiger partial charge in [-0.05, 0) is 57.4 Å². The molecule has 2 amide bonds. The Hall–Kier alpha value is -2.78. The van der Waals surface area contributed by atoms with Crippen molar-refractivity contribution in [2.24, 2.45) is 5.73 Å². The summed E-state index contributed by atoms with van der Waals surface area (Å²) in [5, 5.41) is 3.31. The third-order valence-electron chi connectivity index (χ3n) is 5.47. The summed E-state index contributed by atoms with van der Waals surface area (Å²) in [7, 11) is 0. The first kappa shape index (κ1) is 25.8. The van der Waals surface area contributed by atoms with E-state index in [1.54, 1.807) is 45.0 Å². The highest BCUT2D eigenvalue weighted by molar-refractivity contribution is 6.30. The Morgan fingerprint density at radius 3 is 2.24 bits per heavy atom. The molecule has 0 radical (unpaired) electrons. The highest BCUT2D eigenvalue weighted by atomic mass is 35.5. The number of carbonyl (C=O) groups excluding carboxylic acids is 2. The number of alkyl carbamates (subject to hydrolysis) is 1. The molecule has 7 nitrogen and oxygen atoms in total. The van der Waals surface area contributed by atoms with Crippen LogP contribution in [0.2, 0.25) is 5.02 Å². The molecule has 2 aromatic rings. The Morgan fingerprint density at radius 1 is 1.12 bits per heavy atom. The summed E-state index contributed by atoms with van der Waals surface area (Å²) in [5.74, 6) is -4.51. The van der Waals surface area contributed by atoms with E-state index in [2.05, 4.69) is 10.3 Å². The molecule has 34 heavy (non-hydrogen) atoms. The maximum atomic E-state index is 15.0. The lowest BCUT2D eigenvalue weighted by Gasteiger charge is -2.35. The predicted molar refractivity (Wildman–Crippen MR) is 126 cm³/mol. The monoisotopic (exact) mass is 494 g/mol. The third-order valence-corrected chi connectivity index (χ3v) is 5.72. The number of carbonyl (C=O) groups is 2. The number of ether oxygens (including phenoxy) is 1. The first-order valence-corrected chi connectivity index (χ1v) is 11.4. The summed E-state index contributed by atoms with van der Waals surface area (Å²) >= 11 is 5.88. The molecule has 1 saturated heterocycles. The molecule has 10 heteroatoms. The zero-order chi connectivity index (χ0) is 25.1. The van der Waals surface area contributed by atoms with Crippen LogP contribution in [0.4, 0.5) is 13.6 Å². The molecule has 2 heterocycles. The van der Waals surface area contributed by atoms with Crippen molar-refractivity contribution in [3.05, 3.63) is 53.3 Å². The number of likely N-dealkylation sites (tertiary alicyclic amines) is 1. The van der Waals surface area contributed by atoms with Crippen LogP contribution in [0.1, 0.15) is 39.3 Å². The molecule has 0 aliphatic carbocycles. The number of benzene rings is 1. The molecule has 0 saturated carbocycles. The number of halogens is 3. The van der Waals surface area contributed by atoms with Crippen molar-refractivity contribution in [1.82, 2.24) is 15.2 Å². The number of nitrogens with two attached hydrogens (primary N) is 1. The topological polar surface area (TPSA) is 97.5 Å². The molecule has 184 valence electrons. The molecule has 3 N–H and O–H groups in total. The number of hydrogen-bond acceptors (Lipinski definition) is 5. The third kappa shape index (κ3) is 6.42. The van der Waals surface area contributed by atoms with Crippen molar-refractivity contribution >= 4 is 23.6 Å². The molecule has 1 aliphatic rings. The van der Waals surface area contributed by atoms with Crippen LogP contribution in [-0.2, 0) is 15.5 Å². The molecule has 1 unspecified atom stereocenters. The van der Waals surface area contributed by atoms with E-state index in [4.69, 9.17) is 22.1 Å². The summed E-state index contributed by atoms with van der Waals surface area (Å²) < 4.78 is 35.3. The zero-order valence-electron chi connectivity index (χ0n) is 19.4. The van der Waals surface area contributed by atoms with Gasteiger partial charge in [-0.3, -0.25) is 9.78 Å². The first-order valence-electron chi connectivity index (χ1n) is 11.0. The van der Waals surface area contributed by atoms with Gasteiger partial charge in [-0.15, -0.1) is 0 Å². The molecule has 1 atom stereocenters. The highest BCUT2D eigenvalue weighted by Gasteiger charge is 2.46. The van der Waals surface area contributed by atoms with Gasteiger partial charge in [0.1, 0.15) is 11.3 Å². The van der Waals surface area contributed by atoms with Crippen LogP contribution in [0.15, 0.2) is 42.6 Å². The number of piperidine rings is 1. The van der Waals surface area contributed by atoms with Crippen LogP contribution in [0.5, 0.6) is 0 Å². The number of aromatic nitrogens is 1. The van der Waals surface area contributed by atoms with E-state index in [1.807, 2.05) is 0 Å². The predicted octanol–water partition coefficient (Wildman–Crippen LogP) is 4.34. The SMILES string of the molecule is CC(C)(C)OC(=O)NC1CCN(C(=O)C(N)C(F)(F)c2ccc(-c3ccc(Cl)cc3)cn2)CC1. The minimum absolute atomic E-state index is 0.200. The molecule has 1 aromatic heterocycles. The van der Waals surface area contributed by atoms with Gasteiger partial charge >= 0.3 is 12.0 Å². The van der Waals surface area contributed by atoms with E-state index in [0.717, 1.165) is 5.56 Å². The van der Waals surface area contributed by atoms with Crippen LogP contribution in [0, 0.1) is 0 Å². The van der Waals surface area contributed by atoms with E-state index in [9.17, 15) is 9.59 Å². The van der Waals surface area contributed by atoms with Gasteiger partial charge in [-0.25, -0.2) is 4.79 Å². The molecule has 3 rings (SSSR count). The number of hydrogen-bond donors (Lipinski definition) is 2. The van der Waals surface area contributed by atoms with Crippen molar-refractivity contribution in [3.8, 4) is 11.1 Å². The number of pyridine rings is 1. The average Bonchev–Trinajstić information content (AvgIpc) is 2.78. The smallest absolute Gasteiger partial charge is 0.407 e. The van der Waals surface area contributed by atoms with Gasteiger partial charge in [0.25, 0.3) is 0 Å². The maximum absolute atomic E-state index is 15.0. The van der Waals surface area contributed by atoms with Crippen molar-refractivity contribution in [2.75, 3.05) is 13.1 Å². The second kappa shape index (κ2) is 10.2. The minimum Gasteiger partial charge on any atom is -0.444 e. The fraction of sp³-hybridized carbons (Fsp3) is 0.458. The number of nitrogens with one attached hydrogen (secondary N) is 1. The molecule has 1 aromatic carbocycles. The van der Waals surface area contributed by atoms with Gasteiger partial charge in [0.05, 0.1) is 0 Å². The van der Waals surface area contributed by atoms with E-state index in [-0.39, 0.29) is 19.1 Å². The largest absolute Gasteiger partial charge is 0.444 e. The van der Waals surface area contributed by atoms with Gasteiger partial charge < -0.3 is 20.7 Å². The van der Waals surface area contributed by atoms with E-state index in [1.165, 1.54) is 23.2 Å². The normalized spacial score (nSPS) is 16.1. The number of alkyl halides is 2. The van der Waals surface area contributed by atoms with Crippen molar-refractivity contribution in [3.63, 3.8) is 0 Å². The zero-order valence-corrected chi connectivity index (χ0v) is 20.1. The molecule has 0 spiro atoms. The number of rotatable bonds is 5. The fourth-order valence-electron chi connectivity index (χ4n) is 3.63. The Kier molecular flexibility index (Phi) is 7.77. The minimum atomic E-state index is -3.65. The fourth-order valence-corrected chi connectivity index (χ4v) is 3.76. The maximum Gasteiger partial charge on any atom is 0.407 e. The number of amides is 2. The highest BCUT2D eigenvalue weighted by Crippen LogP contribution is 2.32. The van der Waals surface area contributed by atoms with Crippen LogP contribution in [0.3, 0.4) is 0 Å². The Balaban J connectivity index is 1.59. The molecular formula is C24H29ClF2N4O3. The summed E-state index contributed by atoms with van der Waals surface area (Å²) in [6, 6.07) is 7.30. The van der Waals surface area contributed by atoms with Crippen LogP contribution in [0.25, 0.3) is 11.1 Å². The molecule has 1 fully saturated rings. The molecule has 1 aliphatic heterocycles. The van der Waals surface area contributed by atoms with Crippen LogP contribution in [-0.4, -0.2) is 52.7 Å². The lowest BCUT2D eigenvalue weighted by atomic mass is 10.0. The van der Waals surface area contributed by atoms with Gasteiger partial charge in [0.2, 0.25) is 5.91 Å². The van der Waals surface area contributed by atoms with Crippen molar-refractivity contribution in [1.29, 1.82) is 0 Å². The second-order valence-corrected chi connectivity index (χ2v) is 9.72. The summed E-state index contributed by atoms with van der Waals surface area (Å²) in [5.41, 5.74) is 5.93. The van der Waals surface area contributed by atoms with E-state index < -0.39 is 35.3 Å². The lowest BCUT2D eigenvalue weighted by Crippen LogP contribution is -2.55. The van der Waals surface area contributed by atoms with E-state index in [0.29, 0.717) is 23.4 Å². The van der Waals surface area contributed by atoms with Gasteiger partial charge in [0.15, 0.2) is 6.04 Å². The average molecular weight is 495 g/mol. The molecule has 0 bridgehead atoms.